The molecule has 1 aliphatic carbocycles. The van der Waals surface area contributed by atoms with Crippen LogP contribution in [0.25, 0.3) is 0 Å². The lowest BCUT2D eigenvalue weighted by Gasteiger charge is -2.27. The molecule has 1 saturated carbocycles. The van der Waals surface area contributed by atoms with E-state index in [2.05, 4.69) is 15.9 Å². The van der Waals surface area contributed by atoms with Gasteiger partial charge in [0.25, 0.3) is 0 Å². The number of ether oxygens (including phenoxy) is 1. The Hall–Kier alpha value is -1.36. The van der Waals surface area contributed by atoms with Gasteiger partial charge >= 0.3 is 5.97 Å². The van der Waals surface area contributed by atoms with Crippen LogP contribution in [0, 0.1) is 0 Å². The molecule has 1 unspecified atom stereocenters. The van der Waals surface area contributed by atoms with E-state index in [1.807, 2.05) is 24.3 Å². The van der Waals surface area contributed by atoms with E-state index < -0.39 is 11.5 Å². The fourth-order valence-corrected chi connectivity index (χ4v) is 3.45. The first-order valence-electron chi connectivity index (χ1n) is 7.23. The minimum absolute atomic E-state index is 0.0812. The minimum Gasteiger partial charge on any atom is -0.467 e. The summed E-state index contributed by atoms with van der Waals surface area (Å²) in [6.45, 7) is 0.650. The normalized spacial score (nSPS) is 23.0. The molecule has 0 radical (unpaired) electrons. The molecule has 3 rings (SSSR count). The van der Waals surface area contributed by atoms with Crippen LogP contribution in [0.3, 0.4) is 0 Å². The molecule has 21 heavy (non-hydrogen) atoms. The lowest BCUT2D eigenvalue weighted by atomic mass is 9.94. The van der Waals surface area contributed by atoms with Crippen molar-refractivity contribution in [3.8, 4) is 0 Å². The Balaban J connectivity index is 1.84. The molecule has 0 aromatic heterocycles. The second kappa shape index (κ2) is 5.44. The predicted molar refractivity (Wildman–Crippen MR) is 81.8 cm³/mol. The lowest BCUT2D eigenvalue weighted by molar-refractivity contribution is -0.151. The van der Waals surface area contributed by atoms with E-state index in [1.54, 1.807) is 4.90 Å². The summed E-state index contributed by atoms with van der Waals surface area (Å²) in [4.78, 5) is 26.5. The van der Waals surface area contributed by atoms with Crippen LogP contribution in [0.4, 0.5) is 0 Å². The van der Waals surface area contributed by atoms with Crippen molar-refractivity contribution >= 4 is 27.8 Å². The summed E-state index contributed by atoms with van der Waals surface area (Å²) in [5.74, 6) is -0.217. The lowest BCUT2D eigenvalue weighted by Crippen LogP contribution is -2.46. The number of nitrogens with zero attached hydrogens (tertiary/aromatic N) is 1. The molecule has 0 spiro atoms. The van der Waals surface area contributed by atoms with E-state index in [-0.39, 0.29) is 11.9 Å². The Morgan fingerprint density at radius 3 is 2.52 bits per heavy atom. The molecule has 1 amide bonds. The number of methoxy groups -OCH3 is 1. The first-order valence-corrected chi connectivity index (χ1v) is 8.03. The maximum atomic E-state index is 13.0. The van der Waals surface area contributed by atoms with Gasteiger partial charge in [-0.15, -0.1) is 0 Å². The zero-order chi connectivity index (χ0) is 15.0. The summed E-state index contributed by atoms with van der Waals surface area (Å²) < 4.78 is 5.83. The summed E-state index contributed by atoms with van der Waals surface area (Å²) in [5, 5.41) is 0. The molecule has 1 atom stereocenters. The van der Waals surface area contributed by atoms with E-state index in [0.717, 1.165) is 29.3 Å². The number of esters is 1. The van der Waals surface area contributed by atoms with Crippen molar-refractivity contribution in [2.45, 2.75) is 37.1 Å². The molecule has 5 heteroatoms. The zero-order valence-electron chi connectivity index (χ0n) is 12.0. The standard InChI is InChI=1S/C16H18BrNO3/c1-21-14(19)13-3-2-10-18(13)15(20)16(8-9-16)11-4-6-12(17)7-5-11/h4-7,13H,2-3,8-10H2,1H3. The maximum absolute atomic E-state index is 13.0. The van der Waals surface area contributed by atoms with Crippen LogP contribution in [0.15, 0.2) is 28.7 Å². The Morgan fingerprint density at radius 2 is 1.95 bits per heavy atom. The van der Waals surface area contributed by atoms with Crippen molar-refractivity contribution in [3.63, 3.8) is 0 Å². The van der Waals surface area contributed by atoms with Crippen LogP contribution in [0.5, 0.6) is 0 Å². The van der Waals surface area contributed by atoms with Crippen LogP contribution in [0.2, 0.25) is 0 Å². The van der Waals surface area contributed by atoms with Gasteiger partial charge in [0.2, 0.25) is 5.91 Å². The molecule has 2 fully saturated rings. The molecular formula is C16H18BrNO3. The average molecular weight is 352 g/mol. The number of benzene rings is 1. The molecule has 1 aromatic carbocycles. The number of halogens is 1. The molecule has 1 aliphatic heterocycles. The van der Waals surface area contributed by atoms with Crippen molar-refractivity contribution < 1.29 is 14.3 Å². The third-order valence-corrected chi connectivity index (χ3v) is 5.07. The molecule has 0 bridgehead atoms. The molecular weight excluding hydrogens is 334 g/mol. The summed E-state index contributed by atoms with van der Waals surface area (Å²) in [6, 6.07) is 7.51. The third kappa shape index (κ3) is 2.48. The Labute approximate surface area is 132 Å². The van der Waals surface area contributed by atoms with Gasteiger partial charge in [0.15, 0.2) is 0 Å². The highest BCUT2D eigenvalue weighted by Gasteiger charge is 2.55. The highest BCUT2D eigenvalue weighted by atomic mass is 79.9. The fourth-order valence-electron chi connectivity index (χ4n) is 3.19. The van der Waals surface area contributed by atoms with Gasteiger partial charge in [-0.1, -0.05) is 28.1 Å². The van der Waals surface area contributed by atoms with Crippen molar-refractivity contribution in [2.75, 3.05) is 13.7 Å². The fraction of sp³-hybridized carbons (Fsp3) is 0.500. The maximum Gasteiger partial charge on any atom is 0.328 e. The van der Waals surface area contributed by atoms with Gasteiger partial charge in [-0.25, -0.2) is 4.79 Å². The molecule has 2 aliphatic rings. The van der Waals surface area contributed by atoms with Gasteiger partial charge in [0, 0.05) is 11.0 Å². The van der Waals surface area contributed by atoms with E-state index in [0.29, 0.717) is 13.0 Å². The van der Waals surface area contributed by atoms with Crippen molar-refractivity contribution in [1.29, 1.82) is 0 Å². The average Bonchev–Trinajstić information content (AvgIpc) is 3.16. The van der Waals surface area contributed by atoms with E-state index >= 15 is 0 Å². The first-order chi connectivity index (χ1) is 10.1. The van der Waals surface area contributed by atoms with Gasteiger partial charge in [-0.3, -0.25) is 4.79 Å². The first kappa shape index (κ1) is 14.6. The molecule has 0 N–H and O–H groups in total. The Kier molecular flexibility index (Phi) is 3.78. The van der Waals surface area contributed by atoms with E-state index in [4.69, 9.17) is 4.74 Å². The number of likely N-dealkylation sites (tertiary alicyclic amines) is 1. The Bertz CT molecular complexity index is 565. The Morgan fingerprint density at radius 1 is 1.29 bits per heavy atom. The van der Waals surface area contributed by atoms with Crippen LogP contribution in [-0.2, 0) is 19.7 Å². The van der Waals surface area contributed by atoms with Crippen LogP contribution < -0.4 is 0 Å². The number of amides is 1. The van der Waals surface area contributed by atoms with Gasteiger partial charge in [-0.05, 0) is 43.4 Å². The highest BCUT2D eigenvalue weighted by Crippen LogP contribution is 2.50. The third-order valence-electron chi connectivity index (χ3n) is 4.54. The molecule has 112 valence electrons. The quantitative estimate of drug-likeness (QED) is 0.786. The summed E-state index contributed by atoms with van der Waals surface area (Å²) in [6.07, 6.45) is 3.28. The van der Waals surface area contributed by atoms with E-state index in [1.165, 1.54) is 7.11 Å². The SMILES string of the molecule is COC(=O)C1CCCN1C(=O)C1(c2ccc(Br)cc2)CC1. The van der Waals surface area contributed by atoms with Crippen LogP contribution in [-0.4, -0.2) is 36.5 Å². The second-order valence-corrected chi connectivity index (χ2v) is 6.68. The summed E-state index contributed by atoms with van der Waals surface area (Å²) in [7, 11) is 1.38. The number of carbonyl (C=O) groups excluding carboxylic acids is 2. The highest BCUT2D eigenvalue weighted by molar-refractivity contribution is 9.10. The monoisotopic (exact) mass is 351 g/mol. The molecule has 1 heterocycles. The number of hydrogen-bond acceptors (Lipinski definition) is 3. The largest absolute Gasteiger partial charge is 0.467 e. The number of hydrogen-bond donors (Lipinski definition) is 0. The van der Waals surface area contributed by atoms with Crippen molar-refractivity contribution in [2.24, 2.45) is 0 Å². The van der Waals surface area contributed by atoms with Gasteiger partial charge in [0.05, 0.1) is 12.5 Å². The summed E-state index contributed by atoms with van der Waals surface area (Å²) in [5.41, 5.74) is 0.628. The molecule has 4 nitrogen and oxygen atoms in total. The van der Waals surface area contributed by atoms with Crippen molar-refractivity contribution in [1.82, 2.24) is 4.90 Å². The van der Waals surface area contributed by atoms with Crippen LogP contribution in [0.1, 0.15) is 31.2 Å². The zero-order valence-corrected chi connectivity index (χ0v) is 13.6. The van der Waals surface area contributed by atoms with Gasteiger partial charge < -0.3 is 9.64 Å². The smallest absolute Gasteiger partial charge is 0.328 e. The number of rotatable bonds is 3. The van der Waals surface area contributed by atoms with E-state index in [9.17, 15) is 9.59 Å². The van der Waals surface area contributed by atoms with Gasteiger partial charge in [-0.2, -0.15) is 0 Å². The molecule has 1 aromatic rings. The van der Waals surface area contributed by atoms with Crippen LogP contribution >= 0.6 is 15.9 Å². The number of carbonyl (C=O) groups is 2. The topological polar surface area (TPSA) is 46.6 Å². The summed E-state index contributed by atoms with van der Waals surface area (Å²) >= 11 is 3.42. The molecule has 1 saturated heterocycles. The minimum atomic E-state index is -0.419. The predicted octanol–water partition coefficient (Wildman–Crippen LogP) is 2.64. The second-order valence-electron chi connectivity index (χ2n) is 5.77. The van der Waals surface area contributed by atoms with Crippen molar-refractivity contribution in [3.05, 3.63) is 34.3 Å². The van der Waals surface area contributed by atoms with Gasteiger partial charge in [0.1, 0.15) is 6.04 Å².